The number of carbonyl (C=O) groups is 2. The predicted octanol–water partition coefficient (Wildman–Crippen LogP) is 3.05. The zero-order valence-electron chi connectivity index (χ0n) is 11.4. The molecule has 0 atom stereocenters. The van der Waals surface area contributed by atoms with E-state index in [-0.39, 0.29) is 12.4 Å². The third-order valence-electron chi connectivity index (χ3n) is 2.72. The predicted molar refractivity (Wildman–Crippen MR) is 77.0 cm³/mol. The van der Waals surface area contributed by atoms with Crippen LogP contribution >= 0.6 is 0 Å². The van der Waals surface area contributed by atoms with Crippen molar-refractivity contribution in [1.29, 1.82) is 0 Å². The number of amides is 1. The SMILES string of the molecule is CC(=O)c1cccc(OCC(=O)Nc2cccc(F)c2)c1. The van der Waals surface area contributed by atoms with Crippen LogP contribution in [0.1, 0.15) is 17.3 Å². The summed E-state index contributed by atoms with van der Waals surface area (Å²) >= 11 is 0. The van der Waals surface area contributed by atoms with Crippen LogP contribution in [0.3, 0.4) is 0 Å². The number of Topliss-reactive ketones (excluding diaryl/α,β-unsaturated/α-hetero) is 1. The Morgan fingerprint density at radius 3 is 2.62 bits per heavy atom. The second-order valence-electron chi connectivity index (χ2n) is 4.43. The molecule has 0 aromatic heterocycles. The van der Waals surface area contributed by atoms with Gasteiger partial charge in [0.1, 0.15) is 11.6 Å². The number of anilines is 1. The number of hydrogen-bond donors (Lipinski definition) is 1. The second kappa shape index (κ2) is 6.65. The van der Waals surface area contributed by atoms with Crippen molar-refractivity contribution >= 4 is 17.4 Å². The van der Waals surface area contributed by atoms with Crippen molar-refractivity contribution < 1.29 is 18.7 Å². The number of nitrogens with one attached hydrogen (secondary N) is 1. The maximum absolute atomic E-state index is 13.0. The summed E-state index contributed by atoms with van der Waals surface area (Å²) in [5.74, 6) is -0.488. The Labute approximate surface area is 121 Å². The van der Waals surface area contributed by atoms with Gasteiger partial charge in [-0.1, -0.05) is 18.2 Å². The van der Waals surface area contributed by atoms with Gasteiger partial charge in [0.2, 0.25) is 0 Å². The third-order valence-corrected chi connectivity index (χ3v) is 2.72. The quantitative estimate of drug-likeness (QED) is 0.860. The fraction of sp³-hybridized carbons (Fsp3) is 0.125. The van der Waals surface area contributed by atoms with Gasteiger partial charge in [-0.3, -0.25) is 9.59 Å². The first kappa shape index (κ1) is 14.7. The first-order valence-corrected chi connectivity index (χ1v) is 6.34. The topological polar surface area (TPSA) is 55.4 Å². The van der Waals surface area contributed by atoms with Gasteiger partial charge in [-0.05, 0) is 37.3 Å². The van der Waals surface area contributed by atoms with Crippen molar-refractivity contribution in [1.82, 2.24) is 0 Å². The van der Waals surface area contributed by atoms with Gasteiger partial charge in [0.05, 0.1) is 0 Å². The number of halogens is 1. The first-order chi connectivity index (χ1) is 10.0. The molecule has 1 N–H and O–H groups in total. The van der Waals surface area contributed by atoms with Gasteiger partial charge in [0.25, 0.3) is 5.91 Å². The molecular formula is C16H14FNO3. The van der Waals surface area contributed by atoms with Crippen LogP contribution in [0.15, 0.2) is 48.5 Å². The monoisotopic (exact) mass is 287 g/mol. The minimum Gasteiger partial charge on any atom is -0.484 e. The summed E-state index contributed by atoms with van der Waals surface area (Å²) in [6, 6.07) is 12.2. The first-order valence-electron chi connectivity index (χ1n) is 6.34. The summed E-state index contributed by atoms with van der Waals surface area (Å²) in [7, 11) is 0. The molecule has 4 nitrogen and oxygen atoms in total. The molecule has 1 amide bonds. The standard InChI is InChI=1S/C16H14FNO3/c1-11(19)12-4-2-7-15(8-12)21-10-16(20)18-14-6-3-5-13(17)9-14/h2-9H,10H2,1H3,(H,18,20). The molecule has 2 rings (SSSR count). The lowest BCUT2D eigenvalue weighted by Crippen LogP contribution is -2.20. The van der Waals surface area contributed by atoms with Gasteiger partial charge < -0.3 is 10.1 Å². The molecule has 0 heterocycles. The van der Waals surface area contributed by atoms with E-state index in [1.54, 1.807) is 30.3 Å². The zero-order valence-corrected chi connectivity index (χ0v) is 11.4. The Bertz CT molecular complexity index is 670. The average molecular weight is 287 g/mol. The average Bonchev–Trinajstić information content (AvgIpc) is 2.45. The molecule has 21 heavy (non-hydrogen) atoms. The van der Waals surface area contributed by atoms with E-state index < -0.39 is 11.7 Å². The van der Waals surface area contributed by atoms with Crippen LogP contribution in [-0.4, -0.2) is 18.3 Å². The smallest absolute Gasteiger partial charge is 0.262 e. The van der Waals surface area contributed by atoms with Crippen LogP contribution in [0.5, 0.6) is 5.75 Å². The number of rotatable bonds is 5. The normalized spacial score (nSPS) is 10.0. The maximum atomic E-state index is 13.0. The molecular weight excluding hydrogens is 273 g/mol. The molecule has 2 aromatic carbocycles. The molecule has 0 fully saturated rings. The van der Waals surface area contributed by atoms with Crippen molar-refractivity contribution in [2.24, 2.45) is 0 Å². The highest BCUT2D eigenvalue weighted by Gasteiger charge is 2.06. The molecule has 108 valence electrons. The van der Waals surface area contributed by atoms with Crippen LogP contribution in [0.25, 0.3) is 0 Å². The summed E-state index contributed by atoms with van der Waals surface area (Å²) in [4.78, 5) is 22.9. The number of ketones is 1. The van der Waals surface area contributed by atoms with Crippen LogP contribution in [-0.2, 0) is 4.79 Å². The lowest BCUT2D eigenvalue weighted by atomic mass is 10.1. The molecule has 0 saturated carbocycles. The fourth-order valence-electron chi connectivity index (χ4n) is 1.72. The lowest BCUT2D eigenvalue weighted by Gasteiger charge is -2.08. The number of benzene rings is 2. The Hall–Kier alpha value is -2.69. The van der Waals surface area contributed by atoms with Gasteiger partial charge in [0, 0.05) is 11.3 Å². The molecule has 0 aliphatic carbocycles. The molecule has 0 aliphatic rings. The molecule has 0 spiro atoms. The van der Waals surface area contributed by atoms with E-state index in [1.165, 1.54) is 25.1 Å². The van der Waals surface area contributed by atoms with Crippen LogP contribution in [0.4, 0.5) is 10.1 Å². The Kier molecular flexibility index (Phi) is 4.66. The molecule has 2 aromatic rings. The van der Waals surface area contributed by atoms with Crippen LogP contribution in [0.2, 0.25) is 0 Å². The Morgan fingerprint density at radius 1 is 1.14 bits per heavy atom. The summed E-state index contributed by atoms with van der Waals surface area (Å²) in [6.07, 6.45) is 0. The van der Waals surface area contributed by atoms with E-state index in [9.17, 15) is 14.0 Å². The molecule has 0 radical (unpaired) electrons. The molecule has 0 saturated heterocycles. The minimum atomic E-state index is -0.428. The summed E-state index contributed by atoms with van der Waals surface area (Å²) < 4.78 is 18.3. The van der Waals surface area contributed by atoms with Gasteiger partial charge in [0.15, 0.2) is 12.4 Å². The van der Waals surface area contributed by atoms with Gasteiger partial charge in [-0.2, -0.15) is 0 Å². The third kappa shape index (κ3) is 4.42. The summed E-state index contributed by atoms with van der Waals surface area (Å²) in [5.41, 5.74) is 0.874. The van der Waals surface area contributed by atoms with Crippen molar-refractivity contribution in [2.45, 2.75) is 6.92 Å². The minimum absolute atomic E-state index is 0.0790. The summed E-state index contributed by atoms with van der Waals surface area (Å²) in [6.45, 7) is 1.23. The molecule has 0 bridgehead atoms. The largest absolute Gasteiger partial charge is 0.484 e. The highest BCUT2D eigenvalue weighted by atomic mass is 19.1. The Balaban J connectivity index is 1.92. The van der Waals surface area contributed by atoms with E-state index in [2.05, 4.69) is 5.32 Å². The molecule has 5 heteroatoms. The number of carbonyl (C=O) groups excluding carboxylic acids is 2. The number of hydrogen-bond acceptors (Lipinski definition) is 3. The molecule has 0 aliphatic heterocycles. The van der Waals surface area contributed by atoms with Gasteiger partial charge in [-0.25, -0.2) is 4.39 Å². The summed E-state index contributed by atoms with van der Waals surface area (Å²) in [5, 5.41) is 2.52. The fourth-order valence-corrected chi connectivity index (χ4v) is 1.72. The van der Waals surface area contributed by atoms with E-state index in [4.69, 9.17) is 4.74 Å². The van der Waals surface area contributed by atoms with Crippen LogP contribution < -0.4 is 10.1 Å². The second-order valence-corrected chi connectivity index (χ2v) is 4.43. The van der Waals surface area contributed by atoms with E-state index in [1.807, 2.05) is 0 Å². The zero-order chi connectivity index (χ0) is 15.2. The van der Waals surface area contributed by atoms with Gasteiger partial charge >= 0.3 is 0 Å². The number of ether oxygens (including phenoxy) is 1. The van der Waals surface area contributed by atoms with Crippen molar-refractivity contribution in [2.75, 3.05) is 11.9 Å². The van der Waals surface area contributed by atoms with E-state index in [0.717, 1.165) is 0 Å². The maximum Gasteiger partial charge on any atom is 0.262 e. The van der Waals surface area contributed by atoms with Crippen molar-refractivity contribution in [3.05, 3.63) is 59.9 Å². The lowest BCUT2D eigenvalue weighted by molar-refractivity contribution is -0.118. The highest BCUT2D eigenvalue weighted by molar-refractivity contribution is 5.94. The van der Waals surface area contributed by atoms with Crippen LogP contribution in [0, 0.1) is 5.82 Å². The van der Waals surface area contributed by atoms with E-state index in [0.29, 0.717) is 17.0 Å². The Morgan fingerprint density at radius 2 is 1.90 bits per heavy atom. The van der Waals surface area contributed by atoms with Crippen molar-refractivity contribution in [3.63, 3.8) is 0 Å². The van der Waals surface area contributed by atoms with Crippen molar-refractivity contribution in [3.8, 4) is 5.75 Å². The van der Waals surface area contributed by atoms with Gasteiger partial charge in [-0.15, -0.1) is 0 Å². The highest BCUT2D eigenvalue weighted by Crippen LogP contribution is 2.14. The van der Waals surface area contributed by atoms with E-state index >= 15 is 0 Å². The molecule has 0 unspecified atom stereocenters.